The van der Waals surface area contributed by atoms with Crippen molar-refractivity contribution in [1.82, 2.24) is 0 Å². The van der Waals surface area contributed by atoms with E-state index >= 15 is 0 Å². The standard InChI is InChI=1S/C12H9NO.H2Se/c1-3-7-11-9(5-1)13-10-6-2-4-8-12(10)14-11;/h1-8,13H;1H2. The van der Waals surface area contributed by atoms with Gasteiger partial charge in [0, 0.05) is 0 Å². The van der Waals surface area contributed by atoms with Crippen LogP contribution in [0, 0.1) is 0 Å². The molecule has 1 N–H and O–H groups in total. The first-order valence-corrected chi connectivity index (χ1v) is 4.56. The normalized spacial score (nSPS) is 11.2. The van der Waals surface area contributed by atoms with Crippen LogP contribution in [0.15, 0.2) is 48.5 Å². The first-order valence-electron chi connectivity index (χ1n) is 4.56. The van der Waals surface area contributed by atoms with Crippen LogP contribution in [0.3, 0.4) is 0 Å². The SMILES string of the molecule is [SeH2].c1ccc2c(c1)Nc1ccccc1O2. The summed E-state index contributed by atoms with van der Waals surface area (Å²) in [4.78, 5) is 0. The van der Waals surface area contributed by atoms with Gasteiger partial charge in [-0.2, -0.15) is 0 Å². The second-order valence-corrected chi connectivity index (χ2v) is 3.22. The Morgan fingerprint density at radius 3 is 1.73 bits per heavy atom. The van der Waals surface area contributed by atoms with Gasteiger partial charge in [0.2, 0.25) is 0 Å². The number of anilines is 2. The Kier molecular flexibility index (Phi) is 2.67. The zero-order valence-corrected chi connectivity index (χ0v) is 10.1. The van der Waals surface area contributed by atoms with Crippen molar-refractivity contribution in [3.63, 3.8) is 0 Å². The van der Waals surface area contributed by atoms with Crippen molar-refractivity contribution in [2.24, 2.45) is 0 Å². The van der Waals surface area contributed by atoms with E-state index in [4.69, 9.17) is 4.74 Å². The van der Waals surface area contributed by atoms with Gasteiger partial charge in [-0.15, -0.1) is 0 Å². The molecular weight excluding hydrogens is 253 g/mol. The Bertz CT molecular complexity index is 397. The van der Waals surface area contributed by atoms with Crippen LogP contribution in [0.5, 0.6) is 11.5 Å². The van der Waals surface area contributed by atoms with Crippen LogP contribution in [0.4, 0.5) is 11.4 Å². The third-order valence-electron chi connectivity index (χ3n) is 2.26. The first kappa shape index (κ1) is 10.1. The summed E-state index contributed by atoms with van der Waals surface area (Å²) in [5.41, 5.74) is 2.04. The number of para-hydroxylation sites is 4. The van der Waals surface area contributed by atoms with Crippen LogP contribution in [0.25, 0.3) is 0 Å². The van der Waals surface area contributed by atoms with Gasteiger partial charge in [-0.1, -0.05) is 24.3 Å². The van der Waals surface area contributed by atoms with Gasteiger partial charge in [0.15, 0.2) is 11.5 Å². The summed E-state index contributed by atoms with van der Waals surface area (Å²) in [6, 6.07) is 15.8. The maximum absolute atomic E-state index is 5.71. The Morgan fingerprint density at radius 1 is 0.733 bits per heavy atom. The summed E-state index contributed by atoms with van der Waals surface area (Å²) < 4.78 is 5.71. The minimum atomic E-state index is 0. The molecule has 2 nitrogen and oxygen atoms in total. The van der Waals surface area contributed by atoms with Gasteiger partial charge in [0.25, 0.3) is 0 Å². The molecule has 0 unspecified atom stereocenters. The van der Waals surface area contributed by atoms with Crippen LogP contribution in [0.2, 0.25) is 0 Å². The molecule has 1 aliphatic rings. The number of hydrogen-bond acceptors (Lipinski definition) is 2. The molecule has 0 radical (unpaired) electrons. The molecule has 0 aliphatic carbocycles. The molecule has 1 aliphatic heterocycles. The number of benzene rings is 2. The maximum atomic E-state index is 5.71. The second-order valence-electron chi connectivity index (χ2n) is 3.22. The molecule has 0 amide bonds. The maximum Gasteiger partial charge on any atom is 0.150 e. The number of rotatable bonds is 0. The molecule has 1 heterocycles. The fourth-order valence-electron chi connectivity index (χ4n) is 1.58. The fourth-order valence-corrected chi connectivity index (χ4v) is 1.58. The average Bonchev–Trinajstić information content (AvgIpc) is 2.26. The number of nitrogens with one attached hydrogen (secondary N) is 1. The van der Waals surface area contributed by atoms with Crippen molar-refractivity contribution >= 4 is 28.4 Å². The summed E-state index contributed by atoms with van der Waals surface area (Å²) in [6.45, 7) is 0. The topological polar surface area (TPSA) is 21.3 Å². The summed E-state index contributed by atoms with van der Waals surface area (Å²) in [6.07, 6.45) is 0. The van der Waals surface area contributed by atoms with Crippen molar-refractivity contribution in [1.29, 1.82) is 0 Å². The third-order valence-corrected chi connectivity index (χ3v) is 2.26. The zero-order chi connectivity index (χ0) is 9.38. The molecule has 0 atom stereocenters. The second kappa shape index (κ2) is 3.97. The number of hydrogen-bond donors (Lipinski definition) is 1. The van der Waals surface area contributed by atoms with Crippen molar-refractivity contribution in [3.05, 3.63) is 48.5 Å². The summed E-state index contributed by atoms with van der Waals surface area (Å²) >= 11 is 0. The molecule has 3 rings (SSSR count). The summed E-state index contributed by atoms with van der Waals surface area (Å²) in [7, 11) is 0. The summed E-state index contributed by atoms with van der Waals surface area (Å²) in [5, 5.41) is 3.32. The molecule has 76 valence electrons. The van der Waals surface area contributed by atoms with E-state index in [-0.39, 0.29) is 17.1 Å². The van der Waals surface area contributed by atoms with Crippen molar-refractivity contribution in [2.75, 3.05) is 5.32 Å². The van der Waals surface area contributed by atoms with E-state index in [0.29, 0.717) is 0 Å². The molecule has 0 aromatic heterocycles. The first-order chi connectivity index (χ1) is 6.93. The molecular formula is C12H11NOSe. The minimum absolute atomic E-state index is 0. The van der Waals surface area contributed by atoms with E-state index < -0.39 is 0 Å². The zero-order valence-electron chi connectivity index (χ0n) is 8.03. The fraction of sp³-hybridized carbons (Fsp3) is 0. The molecule has 0 bridgehead atoms. The van der Waals surface area contributed by atoms with Crippen LogP contribution in [-0.2, 0) is 0 Å². The van der Waals surface area contributed by atoms with Crippen molar-refractivity contribution < 1.29 is 4.74 Å². The van der Waals surface area contributed by atoms with E-state index in [1.807, 2.05) is 48.5 Å². The van der Waals surface area contributed by atoms with Crippen LogP contribution in [0.1, 0.15) is 0 Å². The Labute approximate surface area is 98.7 Å². The molecule has 0 spiro atoms. The van der Waals surface area contributed by atoms with Gasteiger partial charge >= 0.3 is 17.1 Å². The number of ether oxygens (including phenoxy) is 1. The Morgan fingerprint density at radius 2 is 1.20 bits per heavy atom. The van der Waals surface area contributed by atoms with Crippen molar-refractivity contribution in [2.45, 2.75) is 0 Å². The molecule has 15 heavy (non-hydrogen) atoms. The van der Waals surface area contributed by atoms with Gasteiger partial charge in [-0.3, -0.25) is 0 Å². The average molecular weight is 264 g/mol. The predicted octanol–water partition coefficient (Wildman–Crippen LogP) is 2.62. The van der Waals surface area contributed by atoms with E-state index in [9.17, 15) is 0 Å². The van der Waals surface area contributed by atoms with Gasteiger partial charge in [-0.05, 0) is 24.3 Å². The predicted molar refractivity (Wildman–Crippen MR) is 64.8 cm³/mol. The third kappa shape index (κ3) is 1.72. The largest absolute Gasteiger partial charge is 0.453 e. The van der Waals surface area contributed by atoms with E-state index in [2.05, 4.69) is 5.32 Å². The number of fused-ring (bicyclic) bond motifs is 2. The molecule has 0 fully saturated rings. The van der Waals surface area contributed by atoms with Gasteiger partial charge < -0.3 is 10.1 Å². The molecule has 0 saturated carbocycles. The smallest absolute Gasteiger partial charge is 0.150 e. The Balaban J connectivity index is 0.000000853. The van der Waals surface area contributed by atoms with E-state index in [0.717, 1.165) is 22.9 Å². The van der Waals surface area contributed by atoms with Gasteiger partial charge in [-0.25, -0.2) is 0 Å². The summed E-state index contributed by atoms with van der Waals surface area (Å²) in [5.74, 6) is 1.76. The quantitative estimate of drug-likeness (QED) is 0.630. The van der Waals surface area contributed by atoms with E-state index in [1.165, 1.54) is 0 Å². The molecule has 0 saturated heterocycles. The van der Waals surface area contributed by atoms with Crippen LogP contribution in [-0.4, -0.2) is 17.1 Å². The van der Waals surface area contributed by atoms with Crippen molar-refractivity contribution in [3.8, 4) is 11.5 Å². The molecule has 2 aromatic carbocycles. The monoisotopic (exact) mass is 265 g/mol. The van der Waals surface area contributed by atoms with Gasteiger partial charge in [0.05, 0.1) is 11.4 Å². The molecule has 3 heteroatoms. The van der Waals surface area contributed by atoms with Gasteiger partial charge in [0.1, 0.15) is 0 Å². The van der Waals surface area contributed by atoms with E-state index in [1.54, 1.807) is 0 Å². The Hall–Kier alpha value is -1.44. The molecule has 2 aromatic rings. The minimum Gasteiger partial charge on any atom is -0.453 e. The van der Waals surface area contributed by atoms with Crippen LogP contribution >= 0.6 is 0 Å². The van der Waals surface area contributed by atoms with Crippen LogP contribution < -0.4 is 10.1 Å².